The molecule has 0 aromatic carbocycles. The fourth-order valence-corrected chi connectivity index (χ4v) is 1.26. The molecule has 0 aliphatic carbocycles. The van der Waals surface area contributed by atoms with Crippen LogP contribution in [-0.4, -0.2) is 50.7 Å². The molecule has 0 spiro atoms. The van der Waals surface area contributed by atoms with E-state index in [1.54, 1.807) is 0 Å². The quantitative estimate of drug-likeness (QED) is 0.220. The van der Waals surface area contributed by atoms with Crippen molar-refractivity contribution in [1.29, 1.82) is 0 Å². The molecule has 132 valence electrons. The third-order valence-corrected chi connectivity index (χ3v) is 2.27. The van der Waals surface area contributed by atoms with Crippen LogP contribution < -0.4 is 0 Å². The highest BCUT2D eigenvalue weighted by atomic mass is 16.8. The molecule has 0 aromatic rings. The van der Waals surface area contributed by atoms with Crippen molar-refractivity contribution in [3.05, 3.63) is 0 Å². The Hall–Kier alpha value is -2.16. The van der Waals surface area contributed by atoms with Crippen molar-refractivity contribution in [2.45, 2.75) is 39.5 Å². The van der Waals surface area contributed by atoms with Gasteiger partial charge in [0.05, 0.1) is 13.2 Å². The smallest absolute Gasteiger partial charge is 0.308 e. The Balaban J connectivity index is 3.40. The highest BCUT2D eigenvalue weighted by Gasteiger charge is 2.05. The van der Waals surface area contributed by atoms with Gasteiger partial charge in [-0.15, -0.1) is 0 Å². The van der Waals surface area contributed by atoms with Crippen LogP contribution in [0.15, 0.2) is 0 Å². The van der Waals surface area contributed by atoms with Gasteiger partial charge >= 0.3 is 23.9 Å². The second kappa shape index (κ2) is 13.5. The first-order chi connectivity index (χ1) is 10.9. The number of carbonyl (C=O) groups is 4. The summed E-state index contributed by atoms with van der Waals surface area (Å²) in [6.07, 6.45) is 0.893. The van der Waals surface area contributed by atoms with Gasteiger partial charge in [-0.3, -0.25) is 19.2 Å². The maximum atomic E-state index is 11.2. The van der Waals surface area contributed by atoms with Gasteiger partial charge < -0.3 is 23.7 Å². The molecule has 0 fully saturated rings. The Bertz CT molecular complexity index is 356. The predicted molar refractivity (Wildman–Crippen MR) is 74.7 cm³/mol. The van der Waals surface area contributed by atoms with Crippen molar-refractivity contribution in [3.63, 3.8) is 0 Å². The standard InChI is InChI=1S/C14H22O9/c1-11(15)20-7-3-5-13(17)22-9-19-10-23-14(18)6-4-8-21-12(2)16/h3-10H2,1-2H3. The van der Waals surface area contributed by atoms with Crippen LogP contribution in [0, 0.1) is 0 Å². The third kappa shape index (κ3) is 16.0. The van der Waals surface area contributed by atoms with E-state index in [9.17, 15) is 19.2 Å². The number of ether oxygens (including phenoxy) is 5. The van der Waals surface area contributed by atoms with Gasteiger partial charge in [-0.2, -0.15) is 0 Å². The largest absolute Gasteiger partial charge is 0.466 e. The van der Waals surface area contributed by atoms with Crippen LogP contribution in [0.1, 0.15) is 39.5 Å². The average molecular weight is 334 g/mol. The Kier molecular flexibility index (Phi) is 12.2. The fourth-order valence-electron chi connectivity index (χ4n) is 1.26. The SMILES string of the molecule is CC(=O)OCCCC(=O)OCOCOC(=O)CCCOC(C)=O. The molecule has 0 amide bonds. The minimum absolute atomic E-state index is 0.0899. The first-order valence-electron chi connectivity index (χ1n) is 7.07. The van der Waals surface area contributed by atoms with Crippen LogP contribution in [0.4, 0.5) is 0 Å². The van der Waals surface area contributed by atoms with E-state index in [-0.39, 0.29) is 39.6 Å². The van der Waals surface area contributed by atoms with Crippen LogP contribution in [0.3, 0.4) is 0 Å². The molecule has 0 atom stereocenters. The summed E-state index contributed by atoms with van der Waals surface area (Å²) < 4.78 is 23.5. The highest BCUT2D eigenvalue weighted by Crippen LogP contribution is 1.97. The fraction of sp³-hybridized carbons (Fsp3) is 0.714. The molecule has 0 heterocycles. The zero-order valence-corrected chi connectivity index (χ0v) is 13.3. The summed E-state index contributed by atoms with van der Waals surface area (Å²) in [5, 5.41) is 0. The summed E-state index contributed by atoms with van der Waals surface area (Å²) in [6.45, 7) is 2.18. The minimum Gasteiger partial charge on any atom is -0.466 e. The zero-order valence-electron chi connectivity index (χ0n) is 13.3. The number of hydrogen-bond acceptors (Lipinski definition) is 9. The highest BCUT2D eigenvalue weighted by molar-refractivity contribution is 5.70. The average Bonchev–Trinajstić information content (AvgIpc) is 2.47. The van der Waals surface area contributed by atoms with E-state index in [4.69, 9.17) is 14.2 Å². The van der Waals surface area contributed by atoms with Gasteiger partial charge in [0.1, 0.15) is 0 Å². The maximum absolute atomic E-state index is 11.2. The second-order valence-electron chi connectivity index (χ2n) is 4.36. The van der Waals surface area contributed by atoms with Gasteiger partial charge in [0, 0.05) is 26.7 Å². The number of carbonyl (C=O) groups excluding carboxylic acids is 4. The molecule has 23 heavy (non-hydrogen) atoms. The number of esters is 4. The van der Waals surface area contributed by atoms with Crippen molar-refractivity contribution in [2.24, 2.45) is 0 Å². The minimum atomic E-state index is -0.509. The van der Waals surface area contributed by atoms with Crippen LogP contribution in [0.5, 0.6) is 0 Å². The number of rotatable bonds is 12. The van der Waals surface area contributed by atoms with Gasteiger partial charge in [-0.1, -0.05) is 0 Å². The van der Waals surface area contributed by atoms with Gasteiger partial charge in [-0.05, 0) is 12.8 Å². The molecule has 9 heteroatoms. The van der Waals surface area contributed by atoms with Crippen molar-refractivity contribution < 1.29 is 42.9 Å². The van der Waals surface area contributed by atoms with Crippen molar-refractivity contribution in [2.75, 3.05) is 26.8 Å². The normalized spacial score (nSPS) is 9.83. The predicted octanol–water partition coefficient (Wildman–Crippen LogP) is 0.691. The molecule has 0 N–H and O–H groups in total. The van der Waals surface area contributed by atoms with Gasteiger partial charge in [0.15, 0.2) is 13.6 Å². The van der Waals surface area contributed by atoms with E-state index in [1.807, 2.05) is 0 Å². The van der Waals surface area contributed by atoms with E-state index in [0.29, 0.717) is 12.8 Å². The summed E-state index contributed by atoms with van der Waals surface area (Å²) in [6, 6.07) is 0. The molecule has 0 radical (unpaired) electrons. The molecule has 0 aliphatic heterocycles. The van der Waals surface area contributed by atoms with Crippen LogP contribution in [-0.2, 0) is 42.9 Å². The van der Waals surface area contributed by atoms with E-state index >= 15 is 0 Å². The van der Waals surface area contributed by atoms with Crippen molar-refractivity contribution in [1.82, 2.24) is 0 Å². The molecule has 0 aliphatic rings. The van der Waals surface area contributed by atoms with E-state index in [1.165, 1.54) is 13.8 Å². The van der Waals surface area contributed by atoms with Gasteiger partial charge in [-0.25, -0.2) is 0 Å². The summed E-state index contributed by atoms with van der Waals surface area (Å²) in [5.74, 6) is -1.83. The molecule has 0 rings (SSSR count). The van der Waals surface area contributed by atoms with Crippen LogP contribution in [0.25, 0.3) is 0 Å². The molecule has 9 nitrogen and oxygen atoms in total. The monoisotopic (exact) mass is 334 g/mol. The first-order valence-corrected chi connectivity index (χ1v) is 7.07. The Morgan fingerprint density at radius 3 is 1.39 bits per heavy atom. The van der Waals surface area contributed by atoms with Crippen LogP contribution in [0.2, 0.25) is 0 Å². The lowest BCUT2D eigenvalue weighted by molar-refractivity contribution is -0.177. The lowest BCUT2D eigenvalue weighted by atomic mass is 10.3. The lowest BCUT2D eigenvalue weighted by Crippen LogP contribution is -2.14. The lowest BCUT2D eigenvalue weighted by Gasteiger charge is -2.07. The summed E-state index contributed by atoms with van der Waals surface area (Å²) in [5.41, 5.74) is 0. The van der Waals surface area contributed by atoms with Crippen LogP contribution >= 0.6 is 0 Å². The third-order valence-electron chi connectivity index (χ3n) is 2.27. The van der Waals surface area contributed by atoms with Crippen molar-refractivity contribution >= 4 is 23.9 Å². The molecule has 0 bridgehead atoms. The topological polar surface area (TPSA) is 114 Å². The molecule has 0 saturated carbocycles. The van der Waals surface area contributed by atoms with E-state index in [0.717, 1.165) is 0 Å². The van der Waals surface area contributed by atoms with Gasteiger partial charge in [0.25, 0.3) is 0 Å². The molecule has 0 saturated heterocycles. The molecule has 0 aromatic heterocycles. The van der Waals surface area contributed by atoms with E-state index < -0.39 is 23.9 Å². The first kappa shape index (κ1) is 20.8. The van der Waals surface area contributed by atoms with Crippen molar-refractivity contribution in [3.8, 4) is 0 Å². The van der Waals surface area contributed by atoms with Gasteiger partial charge in [0.2, 0.25) is 0 Å². The summed E-state index contributed by atoms with van der Waals surface area (Å²) >= 11 is 0. The Morgan fingerprint density at radius 1 is 0.652 bits per heavy atom. The Labute approximate surface area is 134 Å². The maximum Gasteiger partial charge on any atom is 0.308 e. The molecular weight excluding hydrogens is 312 g/mol. The van der Waals surface area contributed by atoms with E-state index in [2.05, 4.69) is 9.47 Å². The molecular formula is C14H22O9. The summed E-state index contributed by atoms with van der Waals surface area (Å²) in [7, 11) is 0. The second-order valence-corrected chi connectivity index (χ2v) is 4.36. The molecule has 0 unspecified atom stereocenters. The Morgan fingerprint density at radius 2 is 1.04 bits per heavy atom. The number of hydrogen-bond donors (Lipinski definition) is 0. The summed E-state index contributed by atoms with van der Waals surface area (Å²) in [4.78, 5) is 43.4. The zero-order chi connectivity index (χ0) is 17.5.